The van der Waals surface area contributed by atoms with Gasteiger partial charge in [0.25, 0.3) is 5.91 Å². The van der Waals surface area contributed by atoms with Gasteiger partial charge in [0.1, 0.15) is 0 Å². The third-order valence-corrected chi connectivity index (χ3v) is 4.52. The summed E-state index contributed by atoms with van der Waals surface area (Å²) in [4.78, 5) is 14.6. The Morgan fingerprint density at radius 2 is 2.05 bits per heavy atom. The number of amides is 1. The second-order valence-corrected chi connectivity index (χ2v) is 7.03. The van der Waals surface area contributed by atoms with Gasteiger partial charge in [0.05, 0.1) is 0 Å². The first kappa shape index (κ1) is 14.2. The van der Waals surface area contributed by atoms with E-state index in [2.05, 4.69) is 38.2 Å². The van der Waals surface area contributed by atoms with Crippen molar-refractivity contribution in [3.8, 4) is 0 Å². The summed E-state index contributed by atoms with van der Waals surface area (Å²) < 4.78 is 0. The van der Waals surface area contributed by atoms with Crippen LogP contribution in [0, 0.1) is 5.41 Å². The zero-order valence-corrected chi connectivity index (χ0v) is 13.2. The molecule has 0 saturated heterocycles. The summed E-state index contributed by atoms with van der Waals surface area (Å²) >= 11 is 0. The quantitative estimate of drug-likeness (QED) is 0.801. The molecule has 0 fully saturated rings. The Morgan fingerprint density at radius 1 is 1.24 bits per heavy atom. The topological polar surface area (TPSA) is 32.3 Å². The van der Waals surface area contributed by atoms with E-state index in [-0.39, 0.29) is 11.3 Å². The highest BCUT2D eigenvalue weighted by molar-refractivity contribution is 5.95. The van der Waals surface area contributed by atoms with Gasteiger partial charge in [0.2, 0.25) is 0 Å². The molecule has 0 atom stereocenters. The van der Waals surface area contributed by atoms with Gasteiger partial charge in [0.15, 0.2) is 0 Å². The van der Waals surface area contributed by atoms with Gasteiger partial charge in [-0.3, -0.25) is 4.79 Å². The molecule has 112 valence electrons. The van der Waals surface area contributed by atoms with Gasteiger partial charge in [-0.2, -0.15) is 0 Å². The molecule has 1 aromatic carbocycles. The van der Waals surface area contributed by atoms with E-state index in [1.807, 2.05) is 17.0 Å². The van der Waals surface area contributed by atoms with Crippen molar-refractivity contribution >= 4 is 11.6 Å². The molecule has 0 spiro atoms. The molecule has 3 heteroatoms. The van der Waals surface area contributed by atoms with Crippen LogP contribution in [0.15, 0.2) is 29.8 Å². The van der Waals surface area contributed by atoms with Gasteiger partial charge >= 0.3 is 0 Å². The highest BCUT2D eigenvalue weighted by atomic mass is 16.2. The van der Waals surface area contributed by atoms with Gasteiger partial charge in [-0.1, -0.05) is 32.4 Å². The Balaban J connectivity index is 1.74. The lowest BCUT2D eigenvalue weighted by atomic mass is 9.83. The second-order valence-electron chi connectivity index (χ2n) is 7.03. The van der Waals surface area contributed by atoms with Crippen molar-refractivity contribution in [2.75, 3.05) is 25.0 Å². The van der Waals surface area contributed by atoms with Crippen molar-refractivity contribution in [3.63, 3.8) is 0 Å². The van der Waals surface area contributed by atoms with Crippen LogP contribution in [0.5, 0.6) is 0 Å². The minimum absolute atomic E-state index is 0.161. The molecular weight excluding hydrogens is 260 g/mol. The van der Waals surface area contributed by atoms with Crippen LogP contribution < -0.4 is 5.32 Å². The standard InChI is InChI=1S/C18H24N2O/c1-18(2,3)15-7-10-20(11-8-15)17(21)14-4-5-16-13(12-14)6-9-19-16/h4-5,7,12,19H,6,8-11H2,1-3H3. The maximum Gasteiger partial charge on any atom is 0.254 e. The van der Waals surface area contributed by atoms with E-state index in [1.165, 1.54) is 16.8 Å². The Bertz CT molecular complexity index is 596. The largest absolute Gasteiger partial charge is 0.384 e. The molecular formula is C18H24N2O. The van der Waals surface area contributed by atoms with Gasteiger partial charge in [-0.15, -0.1) is 0 Å². The fourth-order valence-electron chi connectivity index (χ4n) is 3.16. The van der Waals surface area contributed by atoms with E-state index in [0.29, 0.717) is 0 Å². The number of fused-ring (bicyclic) bond motifs is 1. The molecule has 0 radical (unpaired) electrons. The lowest BCUT2D eigenvalue weighted by Gasteiger charge is -2.32. The molecule has 0 aromatic heterocycles. The summed E-state index contributed by atoms with van der Waals surface area (Å²) in [5, 5.41) is 3.33. The Kier molecular flexibility index (Phi) is 3.52. The van der Waals surface area contributed by atoms with Crippen LogP contribution in [-0.4, -0.2) is 30.4 Å². The van der Waals surface area contributed by atoms with E-state index in [0.717, 1.165) is 38.0 Å². The zero-order chi connectivity index (χ0) is 15.0. The summed E-state index contributed by atoms with van der Waals surface area (Å²) in [6.45, 7) is 9.27. The van der Waals surface area contributed by atoms with Crippen LogP contribution in [-0.2, 0) is 6.42 Å². The van der Waals surface area contributed by atoms with Crippen molar-refractivity contribution in [3.05, 3.63) is 41.0 Å². The van der Waals surface area contributed by atoms with Crippen molar-refractivity contribution in [2.45, 2.75) is 33.6 Å². The second kappa shape index (κ2) is 5.21. The van der Waals surface area contributed by atoms with E-state index < -0.39 is 0 Å². The van der Waals surface area contributed by atoms with E-state index in [9.17, 15) is 4.79 Å². The summed E-state index contributed by atoms with van der Waals surface area (Å²) in [6, 6.07) is 6.04. The van der Waals surface area contributed by atoms with Crippen molar-refractivity contribution in [1.29, 1.82) is 0 Å². The van der Waals surface area contributed by atoms with Crippen LogP contribution >= 0.6 is 0 Å². The van der Waals surface area contributed by atoms with Crippen LogP contribution in [0.3, 0.4) is 0 Å². The molecule has 0 saturated carbocycles. The highest BCUT2D eigenvalue weighted by Crippen LogP contribution is 2.30. The number of carbonyl (C=O) groups excluding carboxylic acids is 1. The highest BCUT2D eigenvalue weighted by Gasteiger charge is 2.24. The van der Waals surface area contributed by atoms with Crippen molar-refractivity contribution in [1.82, 2.24) is 4.90 Å². The number of benzene rings is 1. The first-order valence-corrected chi connectivity index (χ1v) is 7.81. The summed E-state index contributed by atoms with van der Waals surface area (Å²) in [5.41, 5.74) is 4.95. The van der Waals surface area contributed by atoms with Crippen LogP contribution in [0.2, 0.25) is 0 Å². The van der Waals surface area contributed by atoms with Gasteiger partial charge in [-0.05, 0) is 42.0 Å². The summed E-state index contributed by atoms with van der Waals surface area (Å²) in [7, 11) is 0. The van der Waals surface area contributed by atoms with Crippen LogP contribution in [0.25, 0.3) is 0 Å². The smallest absolute Gasteiger partial charge is 0.254 e. The molecule has 1 aromatic rings. The van der Waals surface area contributed by atoms with Crippen molar-refractivity contribution in [2.24, 2.45) is 5.41 Å². The minimum Gasteiger partial charge on any atom is -0.384 e. The fourth-order valence-corrected chi connectivity index (χ4v) is 3.16. The zero-order valence-electron chi connectivity index (χ0n) is 13.2. The summed E-state index contributed by atoms with van der Waals surface area (Å²) in [5.74, 6) is 0.161. The third kappa shape index (κ3) is 2.82. The fraction of sp³-hybridized carbons (Fsp3) is 0.500. The van der Waals surface area contributed by atoms with E-state index in [4.69, 9.17) is 0 Å². The number of hydrogen-bond donors (Lipinski definition) is 1. The average molecular weight is 284 g/mol. The molecule has 0 aliphatic carbocycles. The van der Waals surface area contributed by atoms with Gasteiger partial charge in [0, 0.05) is 30.9 Å². The molecule has 0 bridgehead atoms. The Labute approximate surface area is 127 Å². The van der Waals surface area contributed by atoms with Crippen LogP contribution in [0.4, 0.5) is 5.69 Å². The first-order chi connectivity index (χ1) is 9.95. The molecule has 2 aliphatic rings. The number of rotatable bonds is 1. The van der Waals surface area contributed by atoms with Gasteiger partial charge in [-0.25, -0.2) is 0 Å². The molecule has 0 unspecified atom stereocenters. The third-order valence-electron chi connectivity index (χ3n) is 4.52. The Morgan fingerprint density at radius 3 is 2.71 bits per heavy atom. The van der Waals surface area contributed by atoms with E-state index in [1.54, 1.807) is 0 Å². The molecule has 2 aliphatic heterocycles. The Hall–Kier alpha value is -1.77. The first-order valence-electron chi connectivity index (χ1n) is 7.81. The minimum atomic E-state index is 0.161. The van der Waals surface area contributed by atoms with Gasteiger partial charge < -0.3 is 10.2 Å². The number of nitrogens with zero attached hydrogens (tertiary/aromatic N) is 1. The lowest BCUT2D eigenvalue weighted by molar-refractivity contribution is 0.0765. The monoisotopic (exact) mass is 284 g/mol. The van der Waals surface area contributed by atoms with E-state index >= 15 is 0 Å². The number of carbonyl (C=O) groups is 1. The van der Waals surface area contributed by atoms with Crippen molar-refractivity contribution < 1.29 is 4.79 Å². The average Bonchev–Trinajstić information content (AvgIpc) is 2.93. The molecule has 3 rings (SSSR count). The summed E-state index contributed by atoms with van der Waals surface area (Å²) in [6.07, 6.45) is 4.24. The molecule has 1 N–H and O–H groups in total. The SMILES string of the molecule is CC(C)(C)C1=CCN(C(=O)c2ccc3c(c2)CCN3)CC1. The normalized spacial score (nSPS) is 18.0. The number of nitrogens with one attached hydrogen (secondary N) is 1. The molecule has 2 heterocycles. The molecule has 1 amide bonds. The predicted molar refractivity (Wildman–Crippen MR) is 86.7 cm³/mol. The number of anilines is 1. The lowest BCUT2D eigenvalue weighted by Crippen LogP contribution is -2.36. The number of hydrogen-bond acceptors (Lipinski definition) is 2. The van der Waals surface area contributed by atoms with Crippen LogP contribution in [0.1, 0.15) is 43.1 Å². The predicted octanol–water partition coefficient (Wildman–Crippen LogP) is 3.47. The maximum absolute atomic E-state index is 12.6. The molecule has 21 heavy (non-hydrogen) atoms. The molecule has 3 nitrogen and oxygen atoms in total. The maximum atomic E-state index is 12.6.